The van der Waals surface area contributed by atoms with Gasteiger partial charge in [-0.05, 0) is 32.3 Å². The van der Waals surface area contributed by atoms with Crippen LogP contribution in [0.3, 0.4) is 0 Å². The van der Waals surface area contributed by atoms with Crippen molar-refractivity contribution in [2.75, 3.05) is 17.3 Å². The van der Waals surface area contributed by atoms with Gasteiger partial charge in [0, 0.05) is 36.0 Å². The van der Waals surface area contributed by atoms with E-state index in [0.29, 0.717) is 40.8 Å². The van der Waals surface area contributed by atoms with Gasteiger partial charge in [0.05, 0.1) is 35.0 Å². The number of hydrogen-bond donors (Lipinski definition) is 3. The first-order valence-corrected chi connectivity index (χ1v) is 11.3. The number of aromatic nitrogens is 5. The molecule has 33 heavy (non-hydrogen) atoms. The van der Waals surface area contributed by atoms with Crippen LogP contribution in [-0.4, -0.2) is 50.1 Å². The van der Waals surface area contributed by atoms with E-state index in [1.807, 2.05) is 6.92 Å². The number of rotatable bonds is 3. The van der Waals surface area contributed by atoms with Gasteiger partial charge in [-0.2, -0.15) is 9.97 Å². The van der Waals surface area contributed by atoms with Crippen LogP contribution >= 0.6 is 0 Å². The molecule has 1 saturated heterocycles. The lowest BCUT2D eigenvalue weighted by Gasteiger charge is -2.54. The molecule has 10 heteroatoms. The zero-order chi connectivity index (χ0) is 22.4. The number of ether oxygens (including phenoxy) is 1. The molecule has 0 radical (unpaired) electrons. The van der Waals surface area contributed by atoms with E-state index in [9.17, 15) is 0 Å². The predicted molar refractivity (Wildman–Crippen MR) is 122 cm³/mol. The molecule has 5 heterocycles. The van der Waals surface area contributed by atoms with Crippen molar-refractivity contribution >= 4 is 33.4 Å². The normalized spacial score (nSPS) is 25.2. The van der Waals surface area contributed by atoms with Gasteiger partial charge in [0.2, 0.25) is 0 Å². The minimum absolute atomic E-state index is 0.0690. The molecule has 1 saturated carbocycles. The highest BCUT2D eigenvalue weighted by atomic mass is 19.1. The van der Waals surface area contributed by atoms with Crippen molar-refractivity contribution in [3.63, 3.8) is 0 Å². The summed E-state index contributed by atoms with van der Waals surface area (Å²) in [6, 6.07) is 2.17. The first-order chi connectivity index (χ1) is 16.0. The number of nitrogens with two attached hydrogens (primary N) is 1. The molecule has 4 atom stereocenters. The number of aryl methyl sites for hydroxylation is 1. The maximum atomic E-state index is 15.4. The zero-order valence-electron chi connectivity index (χ0n) is 18.3. The SMILES string of the molecule is CNc1cc(F)c2c3c1[nH]c1nc(Oc4cnc(C)nc4)nc(c13)N1[C@@H]3[C@@H](CC[C@@H]3N)[C@@H]1C2. The van der Waals surface area contributed by atoms with Crippen LogP contribution in [0.5, 0.6) is 11.8 Å². The Bertz CT molecular complexity index is 1430. The van der Waals surface area contributed by atoms with Crippen LogP contribution in [0, 0.1) is 18.7 Å². The van der Waals surface area contributed by atoms with E-state index in [4.69, 9.17) is 15.5 Å². The molecule has 4 aromatic rings. The summed E-state index contributed by atoms with van der Waals surface area (Å²) in [5, 5.41) is 4.77. The molecule has 3 aliphatic rings. The van der Waals surface area contributed by atoms with E-state index in [1.165, 1.54) is 0 Å². The van der Waals surface area contributed by atoms with Crippen LogP contribution in [0.4, 0.5) is 15.9 Å². The lowest BCUT2D eigenvalue weighted by atomic mass is 9.78. The Kier molecular flexibility index (Phi) is 3.74. The van der Waals surface area contributed by atoms with Gasteiger partial charge in [-0.3, -0.25) is 0 Å². The molecule has 4 N–H and O–H groups in total. The first-order valence-electron chi connectivity index (χ1n) is 11.3. The number of anilines is 2. The van der Waals surface area contributed by atoms with Crippen LogP contribution < -0.4 is 20.7 Å². The highest BCUT2D eigenvalue weighted by molar-refractivity contribution is 6.17. The van der Waals surface area contributed by atoms with Crippen LogP contribution in [0.25, 0.3) is 21.9 Å². The van der Waals surface area contributed by atoms with E-state index in [1.54, 1.807) is 25.5 Å². The van der Waals surface area contributed by atoms with Gasteiger partial charge < -0.3 is 25.7 Å². The highest BCUT2D eigenvalue weighted by Crippen LogP contribution is 2.53. The van der Waals surface area contributed by atoms with Crippen LogP contribution in [0.2, 0.25) is 0 Å². The molecular weight excluding hydrogens is 423 g/mol. The van der Waals surface area contributed by atoms with E-state index < -0.39 is 0 Å². The molecule has 0 spiro atoms. The third kappa shape index (κ3) is 2.49. The van der Waals surface area contributed by atoms with Crippen LogP contribution in [-0.2, 0) is 6.42 Å². The summed E-state index contributed by atoms with van der Waals surface area (Å²) in [6.45, 7) is 1.81. The molecule has 2 fully saturated rings. The maximum Gasteiger partial charge on any atom is 0.326 e. The monoisotopic (exact) mass is 446 g/mol. The molecule has 7 rings (SSSR count). The van der Waals surface area contributed by atoms with Crippen molar-refractivity contribution in [3.8, 4) is 11.8 Å². The standard InChI is InChI=1S/C23H23FN8O/c1-9-27-7-10(8-28-9)33-23-30-21-18-17-12(13(24)6-15(26-2)19(17)29-21)5-16-11-3-4-14(25)20(11)32(16)22(18)31-23/h6-8,11,14,16,20,26H,3-5,25H2,1-2H3,(H,29,30,31)/t11-,14-,16-,20+/m0/s1. The maximum absolute atomic E-state index is 15.4. The summed E-state index contributed by atoms with van der Waals surface area (Å²) >= 11 is 0. The minimum atomic E-state index is -0.205. The molecule has 0 amide bonds. The summed E-state index contributed by atoms with van der Waals surface area (Å²) in [7, 11) is 1.79. The van der Waals surface area contributed by atoms with Crippen LogP contribution in [0.1, 0.15) is 24.2 Å². The fraction of sp³-hybridized carbons (Fsp3) is 0.391. The first kappa shape index (κ1) is 19.0. The molecule has 2 aliphatic heterocycles. The van der Waals surface area contributed by atoms with Crippen molar-refractivity contribution in [1.29, 1.82) is 0 Å². The number of aromatic amines is 1. The molecule has 3 aromatic heterocycles. The number of nitrogens with zero attached hydrogens (tertiary/aromatic N) is 5. The predicted octanol–water partition coefficient (Wildman–Crippen LogP) is 3.03. The Morgan fingerprint density at radius 3 is 2.82 bits per heavy atom. The van der Waals surface area contributed by atoms with Crippen LogP contribution in [0.15, 0.2) is 18.5 Å². The molecule has 9 nitrogen and oxygen atoms in total. The van der Waals surface area contributed by atoms with Gasteiger partial charge in [0.15, 0.2) is 5.75 Å². The molecule has 168 valence electrons. The number of fused-ring (bicyclic) bond motifs is 5. The van der Waals surface area contributed by atoms with Gasteiger partial charge in [-0.15, -0.1) is 0 Å². The number of hydrogen-bond acceptors (Lipinski definition) is 8. The molecule has 0 unspecified atom stereocenters. The average molecular weight is 446 g/mol. The second-order valence-electron chi connectivity index (χ2n) is 9.21. The fourth-order valence-corrected chi connectivity index (χ4v) is 6.09. The molecule has 1 aromatic carbocycles. The topological polar surface area (TPSA) is 118 Å². The third-order valence-electron chi connectivity index (χ3n) is 7.52. The Morgan fingerprint density at radius 1 is 1.21 bits per heavy atom. The highest BCUT2D eigenvalue weighted by Gasteiger charge is 2.56. The van der Waals surface area contributed by atoms with Gasteiger partial charge in [0.25, 0.3) is 0 Å². The number of nitrogens with one attached hydrogen (secondary N) is 2. The summed E-state index contributed by atoms with van der Waals surface area (Å²) in [4.78, 5) is 23.5. The molecule has 0 bridgehead atoms. The van der Waals surface area contributed by atoms with Gasteiger partial charge in [0.1, 0.15) is 23.1 Å². The Balaban J connectivity index is 1.49. The van der Waals surface area contributed by atoms with Crippen molar-refractivity contribution in [3.05, 3.63) is 35.7 Å². The van der Waals surface area contributed by atoms with Gasteiger partial charge in [-0.25, -0.2) is 14.4 Å². The average Bonchev–Trinajstić information content (AvgIpc) is 3.29. The van der Waals surface area contributed by atoms with E-state index in [0.717, 1.165) is 34.9 Å². The minimum Gasteiger partial charge on any atom is -0.421 e. The summed E-state index contributed by atoms with van der Waals surface area (Å²) in [5.74, 6) is 2.09. The number of halogens is 1. The van der Waals surface area contributed by atoms with E-state index in [-0.39, 0.29) is 30.0 Å². The largest absolute Gasteiger partial charge is 0.421 e. The second kappa shape index (κ2) is 6.50. The Morgan fingerprint density at radius 2 is 2.03 bits per heavy atom. The number of H-pyrrole nitrogens is 1. The third-order valence-corrected chi connectivity index (χ3v) is 7.52. The summed E-state index contributed by atoms with van der Waals surface area (Å²) < 4.78 is 21.3. The summed E-state index contributed by atoms with van der Waals surface area (Å²) in [5.41, 5.74) is 9.35. The summed E-state index contributed by atoms with van der Waals surface area (Å²) in [6.07, 6.45) is 5.84. The number of benzene rings is 1. The van der Waals surface area contributed by atoms with Gasteiger partial charge in [-0.1, -0.05) is 0 Å². The Labute approximate surface area is 188 Å². The fourth-order valence-electron chi connectivity index (χ4n) is 6.09. The van der Waals surface area contributed by atoms with Crippen molar-refractivity contribution < 1.29 is 9.13 Å². The van der Waals surface area contributed by atoms with E-state index >= 15 is 4.39 Å². The lowest BCUT2D eigenvalue weighted by Crippen LogP contribution is -2.67. The zero-order valence-corrected chi connectivity index (χ0v) is 18.3. The van der Waals surface area contributed by atoms with Gasteiger partial charge >= 0.3 is 6.01 Å². The Hall–Kier alpha value is -3.53. The van der Waals surface area contributed by atoms with Crippen molar-refractivity contribution in [2.24, 2.45) is 11.7 Å². The molecular formula is C23H23FN8O. The van der Waals surface area contributed by atoms with Crippen molar-refractivity contribution in [2.45, 2.75) is 44.3 Å². The second-order valence-corrected chi connectivity index (χ2v) is 9.21. The van der Waals surface area contributed by atoms with Crippen molar-refractivity contribution in [1.82, 2.24) is 24.9 Å². The lowest BCUT2D eigenvalue weighted by molar-refractivity contribution is 0.222. The smallest absolute Gasteiger partial charge is 0.326 e. The molecule has 1 aliphatic carbocycles. The quantitative estimate of drug-likeness (QED) is 0.440. The van der Waals surface area contributed by atoms with E-state index in [2.05, 4.69) is 30.2 Å².